The third kappa shape index (κ3) is 5.96. The van der Waals surface area contributed by atoms with Gasteiger partial charge < -0.3 is 13.7 Å². The van der Waals surface area contributed by atoms with Crippen molar-refractivity contribution >= 4 is 77.2 Å². The maximum Gasteiger partial charge on any atom is 0.261 e. The number of benzene rings is 9. The number of nitrogens with zero attached hydrogens (tertiary/aromatic N) is 4. The van der Waals surface area contributed by atoms with Crippen LogP contribution >= 0.6 is 0 Å². The Morgan fingerprint density at radius 2 is 0.731 bits per heavy atom. The highest BCUT2D eigenvalue weighted by atomic mass is 16.2. The predicted molar refractivity (Wildman–Crippen MR) is 274 cm³/mol. The molecule has 12 aromatic rings. The number of carbonyl (C=O) groups is 2. The van der Waals surface area contributed by atoms with Gasteiger partial charge in [0, 0.05) is 55.9 Å². The van der Waals surface area contributed by atoms with Gasteiger partial charge in [-0.1, -0.05) is 135 Å². The molecule has 3 aromatic heterocycles. The third-order valence-corrected chi connectivity index (χ3v) is 14.1. The van der Waals surface area contributed by atoms with Gasteiger partial charge in [-0.3, -0.25) is 14.5 Å². The van der Waals surface area contributed by atoms with Gasteiger partial charge in [-0.15, -0.1) is 0 Å². The second-order valence-corrected chi connectivity index (χ2v) is 17.8. The molecule has 14 rings (SSSR count). The number of aromatic nitrogens is 3. The van der Waals surface area contributed by atoms with Gasteiger partial charge in [-0.25, -0.2) is 0 Å². The molecule has 1 aliphatic carbocycles. The molecule has 0 bridgehead atoms. The molecule has 0 saturated carbocycles. The lowest BCUT2D eigenvalue weighted by molar-refractivity contribution is 0.0652. The molecule has 0 saturated heterocycles. The van der Waals surface area contributed by atoms with Crippen molar-refractivity contribution in [1.29, 1.82) is 0 Å². The summed E-state index contributed by atoms with van der Waals surface area (Å²) in [4.78, 5) is 28.3. The van der Waals surface area contributed by atoms with E-state index in [9.17, 15) is 9.59 Å². The van der Waals surface area contributed by atoms with Crippen LogP contribution < -0.4 is 0 Å². The highest BCUT2D eigenvalue weighted by Gasteiger charge is 2.35. The Hall–Kier alpha value is -8.48. The molecule has 0 spiro atoms. The van der Waals surface area contributed by atoms with E-state index < -0.39 is 0 Å². The first-order chi connectivity index (χ1) is 33.1. The molecule has 6 nitrogen and oxygen atoms in total. The Morgan fingerprint density at radius 3 is 1.19 bits per heavy atom. The van der Waals surface area contributed by atoms with Crippen molar-refractivity contribution in [2.24, 2.45) is 0 Å². The van der Waals surface area contributed by atoms with Crippen LogP contribution in [0.15, 0.2) is 200 Å². The van der Waals surface area contributed by atoms with E-state index in [1.165, 1.54) is 48.7 Å². The molecule has 0 atom stereocenters. The molecule has 2 aliphatic rings. The Bertz CT molecular complexity index is 3690. The molecular formula is C61H44N4O2. The van der Waals surface area contributed by atoms with Gasteiger partial charge in [-0.05, 0) is 114 Å². The highest BCUT2D eigenvalue weighted by molar-refractivity contribution is 6.22. The lowest BCUT2D eigenvalue weighted by Gasteiger charge is -2.12. The van der Waals surface area contributed by atoms with E-state index in [2.05, 4.69) is 203 Å². The zero-order chi connectivity index (χ0) is 44.8. The van der Waals surface area contributed by atoms with Gasteiger partial charge in [0.1, 0.15) is 0 Å². The standard InChI is InChI=1S/C48H34N4O2.C13H10/c1-2-3-26-49-47(53)37-23-20-30(29-40(37)48(49)54)52-45-24-21-31(50-41-16-8-4-12-33(41)34-13-5-9-17-42(34)50)27-38(45)39-28-32(22-25-46(39)52)51-43-18-10-6-14-35(43)36-15-7-11-19-44(36)51;1-3-7-12-10(5-1)9-11-6-2-4-8-13(11)12/h4-25,27-29H,2-3,26H2,1H3;1-8H,9H2. The summed E-state index contributed by atoms with van der Waals surface area (Å²) in [6.45, 7) is 2.50. The van der Waals surface area contributed by atoms with Crippen molar-refractivity contribution in [3.05, 3.63) is 222 Å². The number of unbranched alkanes of at least 4 members (excludes halogenated alkanes) is 1. The van der Waals surface area contributed by atoms with E-state index in [0.29, 0.717) is 17.7 Å². The van der Waals surface area contributed by atoms with E-state index in [1.54, 1.807) is 0 Å². The topological polar surface area (TPSA) is 52.2 Å². The van der Waals surface area contributed by atoms with Crippen LogP contribution in [0, 0.1) is 0 Å². The summed E-state index contributed by atoms with van der Waals surface area (Å²) >= 11 is 0. The number of carbonyl (C=O) groups excluding carboxylic acids is 2. The van der Waals surface area contributed by atoms with E-state index in [0.717, 1.165) is 80.2 Å². The van der Waals surface area contributed by atoms with Gasteiger partial charge in [-0.2, -0.15) is 0 Å². The summed E-state index contributed by atoms with van der Waals surface area (Å²) in [5, 5.41) is 7.06. The van der Waals surface area contributed by atoms with E-state index in [4.69, 9.17) is 0 Å². The minimum atomic E-state index is -0.214. The average Bonchev–Trinajstić information content (AvgIpc) is 4.16. The fourth-order valence-electron chi connectivity index (χ4n) is 11.0. The van der Waals surface area contributed by atoms with Gasteiger partial charge in [0.05, 0.1) is 44.2 Å². The van der Waals surface area contributed by atoms with Crippen LogP contribution in [0.1, 0.15) is 51.6 Å². The van der Waals surface area contributed by atoms with E-state index in [1.807, 2.05) is 18.2 Å². The lowest BCUT2D eigenvalue weighted by atomic mass is 10.1. The molecule has 0 unspecified atom stereocenters. The summed E-state index contributed by atoms with van der Waals surface area (Å²) in [6, 6.07) is 70.8. The number of amides is 2. The molecule has 9 aromatic carbocycles. The van der Waals surface area contributed by atoms with Gasteiger partial charge >= 0.3 is 0 Å². The Balaban J connectivity index is 0.000000293. The number of hydrogen-bond donors (Lipinski definition) is 0. The van der Waals surface area contributed by atoms with Crippen molar-refractivity contribution in [3.8, 4) is 28.2 Å². The number of rotatable bonds is 6. The predicted octanol–water partition coefficient (Wildman–Crippen LogP) is 14.6. The fraction of sp³-hybridized carbons (Fsp3) is 0.0820. The second-order valence-electron chi connectivity index (χ2n) is 17.8. The molecule has 0 N–H and O–H groups in total. The number of imide groups is 1. The van der Waals surface area contributed by atoms with Gasteiger partial charge in [0.15, 0.2) is 0 Å². The van der Waals surface area contributed by atoms with Crippen molar-refractivity contribution in [1.82, 2.24) is 18.6 Å². The molecule has 0 fully saturated rings. The highest BCUT2D eigenvalue weighted by Crippen LogP contribution is 2.41. The van der Waals surface area contributed by atoms with Crippen molar-refractivity contribution in [3.63, 3.8) is 0 Å². The van der Waals surface area contributed by atoms with Crippen LogP contribution in [0.3, 0.4) is 0 Å². The monoisotopic (exact) mass is 864 g/mol. The van der Waals surface area contributed by atoms with E-state index in [-0.39, 0.29) is 11.8 Å². The van der Waals surface area contributed by atoms with Crippen LogP contribution in [0.5, 0.6) is 0 Å². The Labute approximate surface area is 387 Å². The Morgan fingerprint density at radius 1 is 0.358 bits per heavy atom. The average molecular weight is 865 g/mol. The maximum absolute atomic E-state index is 13.6. The molecule has 67 heavy (non-hydrogen) atoms. The second kappa shape index (κ2) is 15.3. The molecule has 6 heteroatoms. The third-order valence-electron chi connectivity index (χ3n) is 14.1. The summed E-state index contributed by atoms with van der Waals surface area (Å²) in [5.41, 5.74) is 16.3. The zero-order valence-corrected chi connectivity index (χ0v) is 37.0. The first kappa shape index (κ1) is 38.9. The molecule has 4 heterocycles. The minimum Gasteiger partial charge on any atom is -0.309 e. The smallest absolute Gasteiger partial charge is 0.261 e. The molecule has 0 radical (unpaired) electrons. The summed E-state index contributed by atoms with van der Waals surface area (Å²) in [5.74, 6) is -0.419. The van der Waals surface area contributed by atoms with Crippen molar-refractivity contribution in [2.75, 3.05) is 6.54 Å². The number of para-hydroxylation sites is 4. The van der Waals surface area contributed by atoms with Crippen LogP contribution in [0.25, 0.3) is 93.6 Å². The number of fused-ring (bicyclic) bond motifs is 13. The van der Waals surface area contributed by atoms with Gasteiger partial charge in [0.25, 0.3) is 11.8 Å². The first-order valence-corrected chi connectivity index (χ1v) is 23.3. The largest absolute Gasteiger partial charge is 0.309 e. The summed E-state index contributed by atoms with van der Waals surface area (Å²) in [6.07, 6.45) is 2.80. The first-order valence-electron chi connectivity index (χ1n) is 23.3. The zero-order valence-electron chi connectivity index (χ0n) is 37.0. The fourth-order valence-corrected chi connectivity index (χ4v) is 11.0. The molecule has 320 valence electrons. The van der Waals surface area contributed by atoms with Crippen LogP contribution in [0.2, 0.25) is 0 Å². The van der Waals surface area contributed by atoms with Crippen molar-refractivity contribution < 1.29 is 9.59 Å². The summed E-state index contributed by atoms with van der Waals surface area (Å²) < 4.78 is 6.95. The lowest BCUT2D eigenvalue weighted by Crippen LogP contribution is -2.30. The normalized spacial score (nSPS) is 13.0. The Kier molecular flexibility index (Phi) is 8.90. The maximum atomic E-state index is 13.6. The molecule has 1 aliphatic heterocycles. The molecular weight excluding hydrogens is 821 g/mol. The minimum absolute atomic E-state index is 0.205. The SMILES string of the molecule is CCCCN1C(=O)c2ccc(-n3c4ccc(-n5c6ccccc6c6ccccc65)cc4c4cc(-n5c6ccccc6c6ccccc65)ccc43)cc2C1=O.c1ccc2c(c1)Cc1ccccc1-2. The number of hydrogen-bond acceptors (Lipinski definition) is 2. The van der Waals surface area contributed by atoms with E-state index >= 15 is 0 Å². The van der Waals surface area contributed by atoms with Crippen molar-refractivity contribution in [2.45, 2.75) is 26.2 Å². The van der Waals surface area contributed by atoms with Crippen LogP contribution in [-0.2, 0) is 6.42 Å². The van der Waals surface area contributed by atoms with Gasteiger partial charge in [0.2, 0.25) is 0 Å². The summed E-state index contributed by atoms with van der Waals surface area (Å²) in [7, 11) is 0. The quantitative estimate of drug-likeness (QED) is 0.156. The molecule has 2 amide bonds. The van der Waals surface area contributed by atoms with Crippen LogP contribution in [-0.4, -0.2) is 37.0 Å². The van der Waals surface area contributed by atoms with Crippen LogP contribution in [0.4, 0.5) is 0 Å².